The van der Waals surface area contributed by atoms with Gasteiger partial charge in [0.15, 0.2) is 5.82 Å². The monoisotopic (exact) mass is 297 g/mol. The number of methoxy groups -OCH3 is 1. The number of ether oxygens (including phenoxy) is 1. The Morgan fingerprint density at radius 1 is 1.21 bits per heavy atom. The van der Waals surface area contributed by atoms with E-state index in [2.05, 4.69) is 15.3 Å². The Hall–Kier alpha value is -1.36. The minimum atomic E-state index is -0.168. The lowest BCUT2D eigenvalue weighted by Gasteiger charge is -2.13. The molecule has 4 nitrogen and oxygen atoms in total. The van der Waals surface area contributed by atoms with E-state index in [-0.39, 0.29) is 6.23 Å². The average Bonchev–Trinajstić information content (AvgIpc) is 2.38. The van der Waals surface area contributed by atoms with Crippen LogP contribution in [0.15, 0.2) is 30.3 Å². The van der Waals surface area contributed by atoms with Gasteiger partial charge in [-0.15, -0.1) is 0 Å². The molecule has 0 aliphatic rings. The third-order valence-corrected chi connectivity index (χ3v) is 2.91. The average molecular weight is 298 g/mol. The number of nitrogens with zero attached hydrogens (tertiary/aromatic N) is 2. The zero-order valence-electron chi connectivity index (χ0n) is 10.5. The second kappa shape index (κ2) is 6.19. The molecule has 0 aliphatic carbocycles. The minimum Gasteiger partial charge on any atom is -0.362 e. The third kappa shape index (κ3) is 3.80. The normalized spacial score (nSPS) is 12.2. The summed E-state index contributed by atoms with van der Waals surface area (Å²) >= 11 is 12.0. The second-order valence-electron chi connectivity index (χ2n) is 3.93. The molecule has 0 amide bonds. The molecule has 1 unspecified atom stereocenters. The fourth-order valence-electron chi connectivity index (χ4n) is 1.52. The first-order valence-corrected chi connectivity index (χ1v) is 6.44. The Morgan fingerprint density at radius 2 is 2.00 bits per heavy atom. The summed E-state index contributed by atoms with van der Waals surface area (Å²) in [6.07, 6.45) is -0.168. The maximum Gasteiger partial charge on any atom is 0.163 e. The number of hydrogen-bond acceptors (Lipinski definition) is 4. The third-order valence-electron chi connectivity index (χ3n) is 2.48. The largest absolute Gasteiger partial charge is 0.362 e. The summed E-state index contributed by atoms with van der Waals surface area (Å²) in [6, 6.07) is 8.94. The Kier molecular flexibility index (Phi) is 4.58. The van der Waals surface area contributed by atoms with E-state index in [0.29, 0.717) is 21.8 Å². The predicted octanol–water partition coefficient (Wildman–Crippen LogP) is 3.85. The van der Waals surface area contributed by atoms with Crippen molar-refractivity contribution in [2.45, 2.75) is 13.2 Å². The SMILES string of the molecule is COC(C)Nc1cc(Cl)nc(-c2cccc(Cl)c2)n1. The zero-order chi connectivity index (χ0) is 13.8. The predicted molar refractivity (Wildman–Crippen MR) is 77.6 cm³/mol. The molecule has 0 fully saturated rings. The number of halogens is 2. The topological polar surface area (TPSA) is 47.0 Å². The van der Waals surface area contributed by atoms with Crippen LogP contribution in [-0.4, -0.2) is 23.3 Å². The summed E-state index contributed by atoms with van der Waals surface area (Å²) in [5, 5.41) is 4.05. The van der Waals surface area contributed by atoms with Crippen molar-refractivity contribution in [3.8, 4) is 11.4 Å². The van der Waals surface area contributed by atoms with E-state index in [4.69, 9.17) is 27.9 Å². The van der Waals surface area contributed by atoms with E-state index in [1.165, 1.54) is 0 Å². The molecule has 0 aliphatic heterocycles. The Labute approximate surface area is 121 Å². The van der Waals surface area contributed by atoms with Crippen LogP contribution in [0.1, 0.15) is 6.92 Å². The second-order valence-corrected chi connectivity index (χ2v) is 4.76. The van der Waals surface area contributed by atoms with Crippen LogP contribution in [0.2, 0.25) is 10.2 Å². The molecule has 1 atom stereocenters. The first-order chi connectivity index (χ1) is 9.08. The molecule has 0 spiro atoms. The summed E-state index contributed by atoms with van der Waals surface area (Å²) in [5.74, 6) is 1.12. The van der Waals surface area contributed by atoms with Crippen LogP contribution < -0.4 is 5.32 Å². The van der Waals surface area contributed by atoms with Gasteiger partial charge < -0.3 is 10.1 Å². The van der Waals surface area contributed by atoms with Crippen LogP contribution in [0.5, 0.6) is 0 Å². The quantitative estimate of drug-likeness (QED) is 0.688. The standard InChI is InChI=1S/C13H13Cl2N3O/c1-8(19-2)16-12-7-11(15)17-13(18-12)9-4-3-5-10(14)6-9/h3-8H,1-2H3,(H,16,17,18). The minimum absolute atomic E-state index is 0.168. The number of aromatic nitrogens is 2. The summed E-state index contributed by atoms with van der Waals surface area (Å²) in [4.78, 5) is 8.58. The Bertz CT molecular complexity index is 578. The van der Waals surface area contributed by atoms with Gasteiger partial charge in [0.1, 0.15) is 17.2 Å². The molecule has 0 saturated carbocycles. The molecule has 1 N–H and O–H groups in total. The van der Waals surface area contributed by atoms with Crippen molar-refractivity contribution < 1.29 is 4.74 Å². The van der Waals surface area contributed by atoms with E-state index < -0.39 is 0 Å². The van der Waals surface area contributed by atoms with Crippen LogP contribution >= 0.6 is 23.2 Å². The molecule has 0 radical (unpaired) electrons. The first kappa shape index (κ1) is 14.1. The van der Waals surface area contributed by atoms with Gasteiger partial charge in [0.05, 0.1) is 0 Å². The zero-order valence-corrected chi connectivity index (χ0v) is 12.0. The number of nitrogens with one attached hydrogen (secondary N) is 1. The molecule has 6 heteroatoms. The van der Waals surface area contributed by atoms with Gasteiger partial charge in [0.25, 0.3) is 0 Å². The maximum absolute atomic E-state index is 6.00. The van der Waals surface area contributed by atoms with Crippen molar-refractivity contribution in [2.75, 3.05) is 12.4 Å². The van der Waals surface area contributed by atoms with Crippen molar-refractivity contribution in [1.82, 2.24) is 9.97 Å². The highest BCUT2D eigenvalue weighted by Gasteiger charge is 2.08. The van der Waals surface area contributed by atoms with Gasteiger partial charge in [0, 0.05) is 23.8 Å². The van der Waals surface area contributed by atoms with Gasteiger partial charge in [-0.3, -0.25) is 0 Å². The molecule has 0 bridgehead atoms. The van der Waals surface area contributed by atoms with E-state index >= 15 is 0 Å². The maximum atomic E-state index is 6.00. The van der Waals surface area contributed by atoms with Crippen LogP contribution in [0.3, 0.4) is 0 Å². The van der Waals surface area contributed by atoms with Crippen molar-refractivity contribution in [3.63, 3.8) is 0 Å². The van der Waals surface area contributed by atoms with Crippen LogP contribution in [0.4, 0.5) is 5.82 Å². The lowest BCUT2D eigenvalue weighted by molar-refractivity contribution is 0.140. The van der Waals surface area contributed by atoms with E-state index in [0.717, 1.165) is 5.56 Å². The van der Waals surface area contributed by atoms with Gasteiger partial charge in [0.2, 0.25) is 0 Å². The lowest BCUT2D eigenvalue weighted by atomic mass is 10.2. The molecule has 2 rings (SSSR count). The summed E-state index contributed by atoms with van der Waals surface area (Å²) in [5.41, 5.74) is 0.808. The summed E-state index contributed by atoms with van der Waals surface area (Å²) in [7, 11) is 1.61. The smallest absolute Gasteiger partial charge is 0.163 e. The fraction of sp³-hybridized carbons (Fsp3) is 0.231. The Morgan fingerprint density at radius 3 is 2.68 bits per heavy atom. The highest BCUT2D eigenvalue weighted by molar-refractivity contribution is 6.31. The fourth-order valence-corrected chi connectivity index (χ4v) is 1.89. The molecule has 100 valence electrons. The van der Waals surface area contributed by atoms with E-state index in [1.54, 1.807) is 25.3 Å². The van der Waals surface area contributed by atoms with Crippen molar-refractivity contribution in [3.05, 3.63) is 40.5 Å². The van der Waals surface area contributed by atoms with Crippen molar-refractivity contribution in [2.24, 2.45) is 0 Å². The molecular formula is C13H13Cl2N3O. The number of hydrogen-bond donors (Lipinski definition) is 1. The molecule has 1 aromatic carbocycles. The highest BCUT2D eigenvalue weighted by Crippen LogP contribution is 2.23. The van der Waals surface area contributed by atoms with Gasteiger partial charge in [-0.1, -0.05) is 35.3 Å². The lowest BCUT2D eigenvalue weighted by Crippen LogP contribution is -2.18. The molecule has 1 heterocycles. The van der Waals surface area contributed by atoms with Gasteiger partial charge in [-0.2, -0.15) is 0 Å². The summed E-state index contributed by atoms with van der Waals surface area (Å²) in [6.45, 7) is 1.87. The number of anilines is 1. The number of benzene rings is 1. The molecule has 19 heavy (non-hydrogen) atoms. The van der Waals surface area contributed by atoms with Gasteiger partial charge >= 0.3 is 0 Å². The van der Waals surface area contributed by atoms with Crippen LogP contribution in [-0.2, 0) is 4.74 Å². The van der Waals surface area contributed by atoms with Gasteiger partial charge in [-0.05, 0) is 19.1 Å². The van der Waals surface area contributed by atoms with E-state index in [1.807, 2.05) is 19.1 Å². The molecule has 1 aromatic heterocycles. The first-order valence-electron chi connectivity index (χ1n) is 5.68. The van der Waals surface area contributed by atoms with Gasteiger partial charge in [-0.25, -0.2) is 9.97 Å². The molecule has 2 aromatic rings. The van der Waals surface area contributed by atoms with Crippen LogP contribution in [0, 0.1) is 0 Å². The highest BCUT2D eigenvalue weighted by atomic mass is 35.5. The van der Waals surface area contributed by atoms with Crippen molar-refractivity contribution >= 4 is 29.0 Å². The Balaban J connectivity index is 2.36. The van der Waals surface area contributed by atoms with Crippen molar-refractivity contribution in [1.29, 1.82) is 0 Å². The van der Waals surface area contributed by atoms with Crippen LogP contribution in [0.25, 0.3) is 11.4 Å². The number of rotatable bonds is 4. The summed E-state index contributed by atoms with van der Waals surface area (Å²) < 4.78 is 5.12. The van der Waals surface area contributed by atoms with E-state index in [9.17, 15) is 0 Å². The molecular weight excluding hydrogens is 285 g/mol. The molecule has 0 saturated heterocycles.